The molecule has 1 N–H and O–H groups in total. The largest absolute Gasteiger partial charge is 0.350 e. The summed E-state index contributed by atoms with van der Waals surface area (Å²) in [5.41, 5.74) is 0.897. The topological polar surface area (TPSA) is 54.9 Å². The second-order valence-electron chi connectivity index (χ2n) is 4.63. The molecule has 1 aliphatic carbocycles. The van der Waals surface area contributed by atoms with Gasteiger partial charge in [-0.15, -0.1) is 16.4 Å². The number of amides is 1. The van der Waals surface area contributed by atoms with Crippen LogP contribution in [0.5, 0.6) is 0 Å². The Balaban J connectivity index is 1.66. The van der Waals surface area contributed by atoms with Crippen LogP contribution in [0.1, 0.15) is 33.1 Å². The van der Waals surface area contributed by atoms with Gasteiger partial charge in [0.05, 0.1) is 5.69 Å². The Hall–Kier alpha value is -1.27. The van der Waals surface area contributed by atoms with E-state index in [1.165, 1.54) is 4.88 Å². The Morgan fingerprint density at radius 3 is 2.94 bits per heavy atom. The lowest BCUT2D eigenvalue weighted by Crippen LogP contribution is -2.31. The molecule has 0 aliphatic heterocycles. The van der Waals surface area contributed by atoms with Crippen molar-refractivity contribution in [3.8, 4) is 0 Å². The number of nitrogens with one attached hydrogen (secondary N) is 1. The van der Waals surface area contributed by atoms with Crippen molar-refractivity contribution >= 4 is 28.8 Å². The first-order chi connectivity index (χ1) is 8.71. The minimum atomic E-state index is -0.0506. The third-order valence-electron chi connectivity index (χ3n) is 3.34. The van der Waals surface area contributed by atoms with Crippen LogP contribution in [0.25, 0.3) is 0 Å². The molecule has 3 rings (SSSR count). The highest BCUT2D eigenvalue weighted by atomic mass is 32.1. The molecule has 94 valence electrons. The van der Waals surface area contributed by atoms with Gasteiger partial charge in [0.25, 0.3) is 5.91 Å². The summed E-state index contributed by atoms with van der Waals surface area (Å²) in [6, 6.07) is 4.22. The third kappa shape index (κ3) is 2.06. The maximum absolute atomic E-state index is 12.0. The summed E-state index contributed by atoms with van der Waals surface area (Å²) in [4.78, 5) is 14.0. The van der Waals surface area contributed by atoms with Crippen molar-refractivity contribution in [1.29, 1.82) is 0 Å². The van der Waals surface area contributed by atoms with Gasteiger partial charge < -0.3 is 5.32 Å². The van der Waals surface area contributed by atoms with Gasteiger partial charge in [-0.1, -0.05) is 10.6 Å². The minimum Gasteiger partial charge on any atom is -0.350 e. The van der Waals surface area contributed by atoms with Crippen molar-refractivity contribution in [1.82, 2.24) is 14.9 Å². The van der Waals surface area contributed by atoms with Crippen molar-refractivity contribution in [3.05, 3.63) is 33.0 Å². The average Bonchev–Trinajstić information content (AvgIpc) is 2.81. The molecule has 18 heavy (non-hydrogen) atoms. The van der Waals surface area contributed by atoms with Crippen LogP contribution in [0, 0.1) is 6.92 Å². The predicted octanol–water partition coefficient (Wildman–Crippen LogP) is 2.37. The van der Waals surface area contributed by atoms with Crippen molar-refractivity contribution in [2.75, 3.05) is 6.54 Å². The van der Waals surface area contributed by atoms with E-state index in [2.05, 4.69) is 32.4 Å². The zero-order chi connectivity index (χ0) is 12.6. The van der Waals surface area contributed by atoms with E-state index >= 15 is 0 Å². The molecular formula is C12H13N3OS2. The standard InChI is InChI=1S/C12H13N3OS2/c1-8-10(18-15-14-8)11(16)13-7-12(4-5-12)9-3-2-6-17-9/h2-3,6H,4-5,7H2,1H3,(H,13,16). The maximum atomic E-state index is 12.0. The number of hydrogen-bond acceptors (Lipinski definition) is 5. The number of carbonyl (C=O) groups excluding carboxylic acids is 1. The number of thiophene rings is 1. The minimum absolute atomic E-state index is 0.0506. The van der Waals surface area contributed by atoms with Gasteiger partial charge in [-0.05, 0) is 42.7 Å². The van der Waals surface area contributed by atoms with Crippen LogP contribution in [0.15, 0.2) is 17.5 Å². The zero-order valence-corrected chi connectivity index (χ0v) is 11.6. The molecule has 2 heterocycles. The highest BCUT2D eigenvalue weighted by Crippen LogP contribution is 2.49. The fourth-order valence-electron chi connectivity index (χ4n) is 2.01. The SMILES string of the molecule is Cc1nnsc1C(=O)NCC1(c2cccs2)CC1. The van der Waals surface area contributed by atoms with E-state index in [0.717, 1.165) is 24.4 Å². The van der Waals surface area contributed by atoms with E-state index in [9.17, 15) is 4.79 Å². The quantitative estimate of drug-likeness (QED) is 0.935. The normalized spacial score (nSPS) is 16.5. The van der Waals surface area contributed by atoms with Crippen LogP contribution in [0.4, 0.5) is 0 Å². The Bertz CT molecular complexity index is 558. The molecule has 0 aromatic carbocycles. The van der Waals surface area contributed by atoms with Crippen LogP contribution in [-0.2, 0) is 5.41 Å². The fourth-order valence-corrected chi connectivity index (χ4v) is 3.57. The molecule has 1 aliphatic rings. The summed E-state index contributed by atoms with van der Waals surface area (Å²) in [6.07, 6.45) is 2.32. The van der Waals surface area contributed by atoms with Crippen molar-refractivity contribution in [2.45, 2.75) is 25.2 Å². The average molecular weight is 279 g/mol. The first-order valence-electron chi connectivity index (χ1n) is 5.82. The Morgan fingerprint density at radius 2 is 2.39 bits per heavy atom. The lowest BCUT2D eigenvalue weighted by Gasteiger charge is -2.13. The van der Waals surface area contributed by atoms with Crippen LogP contribution >= 0.6 is 22.9 Å². The molecule has 2 aromatic rings. The zero-order valence-electron chi connectivity index (χ0n) is 9.97. The fraction of sp³-hybridized carbons (Fsp3) is 0.417. The van der Waals surface area contributed by atoms with Gasteiger partial charge >= 0.3 is 0 Å². The van der Waals surface area contributed by atoms with Crippen LogP contribution < -0.4 is 5.32 Å². The van der Waals surface area contributed by atoms with Crippen LogP contribution in [0.3, 0.4) is 0 Å². The highest BCUT2D eigenvalue weighted by molar-refractivity contribution is 7.10. The van der Waals surface area contributed by atoms with E-state index < -0.39 is 0 Å². The number of hydrogen-bond donors (Lipinski definition) is 1. The summed E-state index contributed by atoms with van der Waals surface area (Å²) in [5, 5.41) is 8.96. The molecular weight excluding hydrogens is 266 g/mol. The van der Waals surface area contributed by atoms with Crippen LogP contribution in [0.2, 0.25) is 0 Å². The van der Waals surface area contributed by atoms with E-state index in [-0.39, 0.29) is 11.3 Å². The van der Waals surface area contributed by atoms with E-state index in [1.54, 1.807) is 11.3 Å². The Labute approximate surface area is 113 Å². The van der Waals surface area contributed by atoms with Gasteiger partial charge in [0.2, 0.25) is 0 Å². The summed E-state index contributed by atoms with van der Waals surface area (Å²) in [6.45, 7) is 2.52. The molecule has 1 fully saturated rings. The number of nitrogens with zero attached hydrogens (tertiary/aromatic N) is 2. The molecule has 0 unspecified atom stereocenters. The van der Waals surface area contributed by atoms with Gasteiger partial charge in [-0.25, -0.2) is 0 Å². The summed E-state index contributed by atoms with van der Waals surface area (Å²) < 4.78 is 3.79. The molecule has 0 radical (unpaired) electrons. The predicted molar refractivity (Wildman–Crippen MR) is 72.2 cm³/mol. The molecule has 1 saturated carbocycles. The molecule has 1 amide bonds. The van der Waals surface area contributed by atoms with Gasteiger partial charge in [0.1, 0.15) is 4.88 Å². The van der Waals surface area contributed by atoms with Crippen molar-refractivity contribution < 1.29 is 4.79 Å². The maximum Gasteiger partial charge on any atom is 0.264 e. The second-order valence-corrected chi connectivity index (χ2v) is 6.33. The summed E-state index contributed by atoms with van der Waals surface area (Å²) >= 11 is 2.93. The number of aromatic nitrogens is 2. The molecule has 0 atom stereocenters. The molecule has 6 heteroatoms. The number of carbonyl (C=O) groups is 1. The molecule has 4 nitrogen and oxygen atoms in total. The molecule has 0 saturated heterocycles. The third-order valence-corrected chi connectivity index (χ3v) is 5.29. The van der Waals surface area contributed by atoms with E-state index in [1.807, 2.05) is 6.92 Å². The van der Waals surface area contributed by atoms with E-state index in [0.29, 0.717) is 17.1 Å². The van der Waals surface area contributed by atoms with Crippen molar-refractivity contribution in [3.63, 3.8) is 0 Å². The monoisotopic (exact) mass is 279 g/mol. The Morgan fingerprint density at radius 1 is 1.56 bits per heavy atom. The molecule has 0 bridgehead atoms. The van der Waals surface area contributed by atoms with Crippen LogP contribution in [-0.4, -0.2) is 22.0 Å². The van der Waals surface area contributed by atoms with Gasteiger partial charge in [0, 0.05) is 16.8 Å². The number of aryl methyl sites for hydroxylation is 1. The molecule has 2 aromatic heterocycles. The second kappa shape index (κ2) is 4.44. The summed E-state index contributed by atoms with van der Waals surface area (Å²) in [5.74, 6) is -0.0506. The van der Waals surface area contributed by atoms with Gasteiger partial charge in [-0.2, -0.15) is 0 Å². The highest BCUT2D eigenvalue weighted by Gasteiger charge is 2.45. The van der Waals surface area contributed by atoms with Crippen molar-refractivity contribution in [2.24, 2.45) is 0 Å². The first kappa shape index (κ1) is 11.8. The smallest absolute Gasteiger partial charge is 0.264 e. The number of rotatable bonds is 4. The lowest BCUT2D eigenvalue weighted by atomic mass is 10.1. The van der Waals surface area contributed by atoms with Gasteiger partial charge in [-0.3, -0.25) is 4.79 Å². The van der Waals surface area contributed by atoms with Gasteiger partial charge in [0.15, 0.2) is 0 Å². The first-order valence-corrected chi connectivity index (χ1v) is 7.48. The molecule has 0 spiro atoms. The summed E-state index contributed by atoms with van der Waals surface area (Å²) in [7, 11) is 0. The van der Waals surface area contributed by atoms with E-state index in [4.69, 9.17) is 0 Å². The lowest BCUT2D eigenvalue weighted by molar-refractivity contribution is 0.0953. The Kier molecular flexibility index (Phi) is 2.91.